The first kappa shape index (κ1) is 18.1. The molecule has 0 spiro atoms. The van der Waals surface area contributed by atoms with E-state index >= 15 is 0 Å². The molecular formula is C21H20N4O2. The average Bonchev–Trinajstić information content (AvgIpc) is 2.69. The molecule has 6 nitrogen and oxygen atoms in total. The highest BCUT2D eigenvalue weighted by molar-refractivity contribution is 6.05. The quantitative estimate of drug-likeness (QED) is 0.719. The van der Waals surface area contributed by atoms with Crippen molar-refractivity contribution in [2.45, 2.75) is 6.92 Å². The number of aromatic nitrogens is 1. The third-order valence-corrected chi connectivity index (χ3v) is 3.94. The van der Waals surface area contributed by atoms with Crippen LogP contribution in [-0.4, -0.2) is 23.8 Å². The fraction of sp³-hybridized carbons (Fsp3) is 0.0952. The molecule has 0 saturated heterocycles. The molecular weight excluding hydrogens is 340 g/mol. The van der Waals surface area contributed by atoms with Crippen LogP contribution in [0, 0.1) is 0 Å². The second-order valence-electron chi connectivity index (χ2n) is 6.02. The molecule has 2 aromatic carbocycles. The zero-order valence-electron chi connectivity index (χ0n) is 15.1. The summed E-state index contributed by atoms with van der Waals surface area (Å²) >= 11 is 0. The van der Waals surface area contributed by atoms with Gasteiger partial charge in [0.15, 0.2) is 0 Å². The van der Waals surface area contributed by atoms with E-state index in [-0.39, 0.29) is 11.8 Å². The number of nitrogens with one attached hydrogen (secondary N) is 2. The van der Waals surface area contributed by atoms with Gasteiger partial charge in [0.25, 0.3) is 5.91 Å². The van der Waals surface area contributed by atoms with E-state index in [1.165, 1.54) is 6.92 Å². The molecule has 3 aromatic rings. The first-order valence-electron chi connectivity index (χ1n) is 8.47. The molecule has 0 aliphatic rings. The van der Waals surface area contributed by atoms with E-state index in [2.05, 4.69) is 15.6 Å². The van der Waals surface area contributed by atoms with Crippen molar-refractivity contribution in [1.82, 2.24) is 4.98 Å². The van der Waals surface area contributed by atoms with E-state index in [1.54, 1.807) is 42.4 Å². The molecule has 136 valence electrons. The third-order valence-electron chi connectivity index (χ3n) is 3.94. The maximum atomic E-state index is 12.6. The second kappa shape index (κ2) is 8.14. The normalized spacial score (nSPS) is 10.1. The summed E-state index contributed by atoms with van der Waals surface area (Å²) in [5, 5.41) is 5.88. The predicted molar refractivity (Wildman–Crippen MR) is 107 cm³/mol. The fourth-order valence-electron chi connectivity index (χ4n) is 2.54. The Kier molecular flexibility index (Phi) is 5.47. The van der Waals surface area contributed by atoms with Crippen LogP contribution in [0.15, 0.2) is 72.9 Å². The molecule has 0 aliphatic carbocycles. The van der Waals surface area contributed by atoms with Crippen LogP contribution in [0.2, 0.25) is 0 Å². The Balaban J connectivity index is 1.66. The van der Waals surface area contributed by atoms with E-state index < -0.39 is 0 Å². The van der Waals surface area contributed by atoms with Crippen LogP contribution in [0.25, 0.3) is 0 Å². The van der Waals surface area contributed by atoms with Crippen LogP contribution in [0.4, 0.5) is 22.9 Å². The van der Waals surface area contributed by atoms with Crippen molar-refractivity contribution in [3.05, 3.63) is 78.5 Å². The van der Waals surface area contributed by atoms with Gasteiger partial charge in [0.1, 0.15) is 5.82 Å². The molecule has 6 heteroatoms. The van der Waals surface area contributed by atoms with Gasteiger partial charge in [0, 0.05) is 37.2 Å². The van der Waals surface area contributed by atoms with Crippen LogP contribution >= 0.6 is 0 Å². The molecule has 2 amide bonds. The summed E-state index contributed by atoms with van der Waals surface area (Å²) in [7, 11) is 1.74. The lowest BCUT2D eigenvalue weighted by atomic mass is 10.2. The zero-order chi connectivity index (χ0) is 19.2. The van der Waals surface area contributed by atoms with Crippen LogP contribution in [0.1, 0.15) is 17.3 Å². The zero-order valence-corrected chi connectivity index (χ0v) is 15.1. The summed E-state index contributed by atoms with van der Waals surface area (Å²) in [5.41, 5.74) is 2.89. The van der Waals surface area contributed by atoms with Crippen molar-refractivity contribution in [3.8, 4) is 0 Å². The number of rotatable bonds is 5. The predicted octanol–water partition coefficient (Wildman–Crippen LogP) is 4.06. The number of anilines is 4. The molecule has 0 aliphatic heterocycles. The smallest absolute Gasteiger partial charge is 0.259 e. The molecule has 0 radical (unpaired) electrons. The number of benzene rings is 2. The Hall–Kier alpha value is -3.67. The summed E-state index contributed by atoms with van der Waals surface area (Å²) in [5.74, 6) is 0.388. The Morgan fingerprint density at radius 3 is 2.15 bits per heavy atom. The number of hydrogen-bond acceptors (Lipinski definition) is 4. The Morgan fingerprint density at radius 1 is 0.889 bits per heavy atom. The van der Waals surface area contributed by atoms with Gasteiger partial charge in [-0.25, -0.2) is 4.98 Å². The van der Waals surface area contributed by atoms with Crippen LogP contribution in [0.3, 0.4) is 0 Å². The van der Waals surface area contributed by atoms with Gasteiger partial charge >= 0.3 is 0 Å². The van der Waals surface area contributed by atoms with E-state index in [0.717, 1.165) is 17.1 Å². The maximum absolute atomic E-state index is 12.6. The third kappa shape index (κ3) is 4.70. The molecule has 1 heterocycles. The lowest BCUT2D eigenvalue weighted by Gasteiger charge is -2.17. The molecule has 3 rings (SSSR count). The number of para-hydroxylation sites is 1. The van der Waals surface area contributed by atoms with Crippen molar-refractivity contribution < 1.29 is 9.59 Å². The van der Waals surface area contributed by atoms with E-state index in [9.17, 15) is 9.59 Å². The lowest BCUT2D eigenvalue weighted by molar-refractivity contribution is -0.114. The lowest BCUT2D eigenvalue weighted by Crippen LogP contribution is -2.26. The summed E-state index contributed by atoms with van der Waals surface area (Å²) in [6.07, 6.45) is 1.55. The van der Waals surface area contributed by atoms with Gasteiger partial charge in [0.05, 0.1) is 5.56 Å². The second-order valence-corrected chi connectivity index (χ2v) is 6.02. The highest BCUT2D eigenvalue weighted by atomic mass is 16.2. The van der Waals surface area contributed by atoms with Gasteiger partial charge in [-0.2, -0.15) is 0 Å². The standard InChI is InChI=1S/C21H20N4O2/c1-15(26)23-17-9-11-18(12-10-17)24-20-13-8-16(14-22-20)21(27)25(2)19-6-4-3-5-7-19/h3-14H,1-2H3,(H,22,24)(H,23,26). The molecule has 2 N–H and O–H groups in total. The van der Waals surface area contributed by atoms with Gasteiger partial charge in [-0.15, -0.1) is 0 Å². The topological polar surface area (TPSA) is 74.3 Å². The number of amides is 2. The number of hydrogen-bond donors (Lipinski definition) is 2. The monoisotopic (exact) mass is 360 g/mol. The minimum Gasteiger partial charge on any atom is -0.340 e. The van der Waals surface area contributed by atoms with Crippen molar-refractivity contribution in [2.24, 2.45) is 0 Å². The average molecular weight is 360 g/mol. The van der Waals surface area contributed by atoms with E-state index in [4.69, 9.17) is 0 Å². The molecule has 0 fully saturated rings. The van der Waals surface area contributed by atoms with Crippen LogP contribution in [-0.2, 0) is 4.79 Å². The minimum absolute atomic E-state index is 0.113. The first-order chi connectivity index (χ1) is 13.0. The van der Waals surface area contributed by atoms with Gasteiger partial charge < -0.3 is 15.5 Å². The Bertz CT molecular complexity index is 923. The fourth-order valence-corrected chi connectivity index (χ4v) is 2.54. The summed E-state index contributed by atoms with van der Waals surface area (Å²) in [6, 6.07) is 20.2. The SMILES string of the molecule is CC(=O)Nc1ccc(Nc2ccc(C(=O)N(C)c3ccccc3)cn2)cc1. The minimum atomic E-state index is -0.125. The van der Waals surface area contributed by atoms with Crippen molar-refractivity contribution in [1.29, 1.82) is 0 Å². The highest BCUT2D eigenvalue weighted by Crippen LogP contribution is 2.19. The van der Waals surface area contributed by atoms with Gasteiger partial charge in [-0.1, -0.05) is 18.2 Å². The summed E-state index contributed by atoms with van der Waals surface area (Å²) in [6.45, 7) is 1.47. The van der Waals surface area contributed by atoms with Crippen molar-refractivity contribution in [2.75, 3.05) is 22.6 Å². The van der Waals surface area contributed by atoms with Gasteiger partial charge in [0.2, 0.25) is 5.91 Å². The molecule has 27 heavy (non-hydrogen) atoms. The Morgan fingerprint density at radius 2 is 1.56 bits per heavy atom. The molecule has 0 atom stereocenters. The molecule has 0 saturated carbocycles. The number of carbonyl (C=O) groups excluding carboxylic acids is 2. The number of nitrogens with zero attached hydrogens (tertiary/aromatic N) is 2. The van der Waals surface area contributed by atoms with E-state index in [0.29, 0.717) is 11.4 Å². The van der Waals surface area contributed by atoms with Crippen molar-refractivity contribution in [3.63, 3.8) is 0 Å². The molecule has 0 bridgehead atoms. The van der Waals surface area contributed by atoms with Crippen LogP contribution in [0.5, 0.6) is 0 Å². The summed E-state index contributed by atoms with van der Waals surface area (Å²) < 4.78 is 0. The number of pyridine rings is 1. The Labute approximate surface area is 157 Å². The van der Waals surface area contributed by atoms with Crippen LogP contribution < -0.4 is 15.5 Å². The highest BCUT2D eigenvalue weighted by Gasteiger charge is 2.13. The van der Waals surface area contributed by atoms with Crippen molar-refractivity contribution >= 4 is 34.7 Å². The molecule has 1 aromatic heterocycles. The molecule has 0 unspecified atom stereocenters. The number of carbonyl (C=O) groups is 2. The maximum Gasteiger partial charge on any atom is 0.259 e. The van der Waals surface area contributed by atoms with Gasteiger partial charge in [-0.3, -0.25) is 9.59 Å². The first-order valence-corrected chi connectivity index (χ1v) is 8.47. The van der Waals surface area contributed by atoms with E-state index in [1.807, 2.05) is 42.5 Å². The van der Waals surface area contributed by atoms with Gasteiger partial charge in [-0.05, 0) is 48.5 Å². The largest absolute Gasteiger partial charge is 0.340 e. The summed E-state index contributed by atoms with van der Waals surface area (Å²) in [4.78, 5) is 29.5.